The molecule has 1 fully saturated rings. The SMILES string of the molecule is Cc1ccccc1-n1c(C)nnc1SCCN1CCOC1=O. The standard InChI is InChI=1S/C15H18N4O2S/c1-11-5-3-4-6-13(11)19-12(2)16-17-14(19)22-10-8-18-7-9-21-15(18)20/h3-6H,7-10H2,1-2H3. The zero-order valence-electron chi connectivity index (χ0n) is 12.7. The first-order chi connectivity index (χ1) is 10.7. The van der Waals surface area contributed by atoms with Gasteiger partial charge in [-0.2, -0.15) is 0 Å². The molecule has 1 aliphatic heterocycles. The fourth-order valence-electron chi connectivity index (χ4n) is 2.40. The molecule has 0 aliphatic carbocycles. The van der Waals surface area contributed by atoms with Crippen molar-refractivity contribution in [2.75, 3.05) is 25.4 Å². The minimum Gasteiger partial charge on any atom is -0.448 e. The Morgan fingerprint density at radius 2 is 2.09 bits per heavy atom. The molecule has 116 valence electrons. The number of rotatable bonds is 5. The molecule has 0 unspecified atom stereocenters. The average molecular weight is 318 g/mol. The Labute approximate surface area is 133 Å². The number of aromatic nitrogens is 3. The highest BCUT2D eigenvalue weighted by molar-refractivity contribution is 7.99. The first kappa shape index (κ1) is 14.9. The van der Waals surface area contributed by atoms with Gasteiger partial charge in [0.05, 0.1) is 12.2 Å². The predicted molar refractivity (Wildman–Crippen MR) is 84.5 cm³/mol. The number of thioether (sulfide) groups is 1. The van der Waals surface area contributed by atoms with Crippen molar-refractivity contribution >= 4 is 17.9 Å². The van der Waals surface area contributed by atoms with Crippen LogP contribution in [0.4, 0.5) is 4.79 Å². The number of aryl methyl sites for hydroxylation is 2. The van der Waals surface area contributed by atoms with Gasteiger partial charge in [0.1, 0.15) is 12.4 Å². The number of hydrogen-bond donors (Lipinski definition) is 0. The number of carbonyl (C=O) groups is 1. The van der Waals surface area contributed by atoms with E-state index >= 15 is 0 Å². The van der Waals surface area contributed by atoms with Gasteiger partial charge in [0.2, 0.25) is 0 Å². The van der Waals surface area contributed by atoms with Crippen LogP contribution in [-0.2, 0) is 4.74 Å². The van der Waals surface area contributed by atoms with Crippen LogP contribution < -0.4 is 0 Å². The van der Waals surface area contributed by atoms with Crippen molar-refractivity contribution in [1.29, 1.82) is 0 Å². The van der Waals surface area contributed by atoms with Crippen molar-refractivity contribution in [2.24, 2.45) is 0 Å². The quantitative estimate of drug-likeness (QED) is 0.792. The second kappa shape index (κ2) is 6.39. The van der Waals surface area contributed by atoms with Gasteiger partial charge in [0, 0.05) is 12.3 Å². The monoisotopic (exact) mass is 318 g/mol. The number of hydrogen-bond acceptors (Lipinski definition) is 5. The third-order valence-electron chi connectivity index (χ3n) is 3.59. The zero-order chi connectivity index (χ0) is 15.5. The molecule has 3 rings (SSSR count). The highest BCUT2D eigenvalue weighted by Gasteiger charge is 2.21. The number of nitrogens with zero attached hydrogens (tertiary/aromatic N) is 4. The summed E-state index contributed by atoms with van der Waals surface area (Å²) in [5.41, 5.74) is 2.27. The number of amides is 1. The molecule has 2 aromatic rings. The molecule has 1 aliphatic rings. The minimum atomic E-state index is -0.225. The summed E-state index contributed by atoms with van der Waals surface area (Å²) >= 11 is 1.60. The molecule has 1 amide bonds. The first-order valence-electron chi connectivity index (χ1n) is 7.19. The number of cyclic esters (lactones) is 1. The Kier molecular flexibility index (Phi) is 4.33. The summed E-state index contributed by atoms with van der Waals surface area (Å²) in [6.07, 6.45) is -0.225. The van der Waals surface area contributed by atoms with Gasteiger partial charge < -0.3 is 9.64 Å². The zero-order valence-corrected chi connectivity index (χ0v) is 13.5. The molecule has 0 saturated carbocycles. The topological polar surface area (TPSA) is 60.3 Å². The molecule has 6 nitrogen and oxygen atoms in total. The minimum absolute atomic E-state index is 0.225. The van der Waals surface area contributed by atoms with E-state index in [4.69, 9.17) is 4.74 Å². The molecule has 2 heterocycles. The number of para-hydroxylation sites is 1. The lowest BCUT2D eigenvalue weighted by Gasteiger charge is -2.13. The lowest BCUT2D eigenvalue weighted by atomic mass is 10.2. The van der Waals surface area contributed by atoms with Crippen LogP contribution >= 0.6 is 11.8 Å². The van der Waals surface area contributed by atoms with E-state index in [0.29, 0.717) is 19.7 Å². The Morgan fingerprint density at radius 1 is 1.27 bits per heavy atom. The fourth-order valence-corrected chi connectivity index (χ4v) is 3.36. The molecule has 1 aromatic heterocycles. The molecular formula is C15H18N4O2S. The third kappa shape index (κ3) is 2.94. The van der Waals surface area contributed by atoms with E-state index in [-0.39, 0.29) is 6.09 Å². The number of carbonyl (C=O) groups excluding carboxylic acids is 1. The van der Waals surface area contributed by atoms with Gasteiger partial charge >= 0.3 is 6.09 Å². The van der Waals surface area contributed by atoms with E-state index in [1.54, 1.807) is 16.7 Å². The summed E-state index contributed by atoms with van der Waals surface area (Å²) in [6.45, 7) is 5.83. The maximum Gasteiger partial charge on any atom is 0.409 e. The average Bonchev–Trinajstić information content (AvgIpc) is 3.07. The van der Waals surface area contributed by atoms with Crippen LogP contribution in [-0.4, -0.2) is 51.2 Å². The predicted octanol–water partition coefficient (Wildman–Crippen LogP) is 2.43. The summed E-state index contributed by atoms with van der Waals surface area (Å²) < 4.78 is 6.98. The second-order valence-corrected chi connectivity index (χ2v) is 6.16. The molecule has 1 aromatic carbocycles. The highest BCUT2D eigenvalue weighted by Crippen LogP contribution is 2.24. The Hall–Kier alpha value is -2.02. The smallest absolute Gasteiger partial charge is 0.409 e. The van der Waals surface area contributed by atoms with E-state index in [1.807, 2.05) is 19.1 Å². The lowest BCUT2D eigenvalue weighted by Crippen LogP contribution is -2.26. The van der Waals surface area contributed by atoms with Crippen molar-refractivity contribution in [3.63, 3.8) is 0 Å². The van der Waals surface area contributed by atoms with Gasteiger partial charge in [-0.25, -0.2) is 4.79 Å². The summed E-state index contributed by atoms with van der Waals surface area (Å²) in [5.74, 6) is 1.62. The van der Waals surface area contributed by atoms with Crippen LogP contribution in [0.25, 0.3) is 5.69 Å². The Bertz CT molecular complexity index is 686. The van der Waals surface area contributed by atoms with E-state index in [0.717, 1.165) is 22.4 Å². The normalized spacial score (nSPS) is 14.5. The van der Waals surface area contributed by atoms with E-state index < -0.39 is 0 Å². The lowest BCUT2D eigenvalue weighted by molar-refractivity contribution is 0.160. The number of ether oxygens (including phenoxy) is 1. The van der Waals surface area contributed by atoms with E-state index in [2.05, 4.69) is 33.8 Å². The maximum atomic E-state index is 11.4. The van der Waals surface area contributed by atoms with Crippen molar-refractivity contribution in [1.82, 2.24) is 19.7 Å². The van der Waals surface area contributed by atoms with Gasteiger partial charge in [0.25, 0.3) is 0 Å². The summed E-state index contributed by atoms with van der Waals surface area (Å²) in [4.78, 5) is 13.1. The van der Waals surface area contributed by atoms with Crippen molar-refractivity contribution in [3.05, 3.63) is 35.7 Å². The van der Waals surface area contributed by atoms with Crippen LogP contribution in [0, 0.1) is 13.8 Å². The molecule has 0 atom stereocenters. The van der Waals surface area contributed by atoms with E-state index in [9.17, 15) is 4.79 Å². The summed E-state index contributed by atoms with van der Waals surface area (Å²) in [7, 11) is 0. The van der Waals surface area contributed by atoms with Crippen LogP contribution in [0.3, 0.4) is 0 Å². The van der Waals surface area contributed by atoms with Gasteiger partial charge in [-0.3, -0.25) is 4.57 Å². The van der Waals surface area contributed by atoms with Gasteiger partial charge in [0.15, 0.2) is 5.16 Å². The molecular weight excluding hydrogens is 300 g/mol. The van der Waals surface area contributed by atoms with Crippen molar-refractivity contribution in [2.45, 2.75) is 19.0 Å². The first-order valence-corrected chi connectivity index (χ1v) is 8.18. The van der Waals surface area contributed by atoms with Gasteiger partial charge in [-0.15, -0.1) is 10.2 Å². The Balaban J connectivity index is 1.72. The Morgan fingerprint density at radius 3 is 2.82 bits per heavy atom. The molecule has 0 N–H and O–H groups in total. The fraction of sp³-hybridized carbons (Fsp3) is 0.400. The molecule has 22 heavy (non-hydrogen) atoms. The molecule has 0 radical (unpaired) electrons. The summed E-state index contributed by atoms with van der Waals surface area (Å²) in [6, 6.07) is 8.16. The van der Waals surface area contributed by atoms with Gasteiger partial charge in [-0.1, -0.05) is 30.0 Å². The highest BCUT2D eigenvalue weighted by atomic mass is 32.2. The maximum absolute atomic E-state index is 11.4. The molecule has 0 bridgehead atoms. The second-order valence-electron chi connectivity index (χ2n) is 5.10. The van der Waals surface area contributed by atoms with Gasteiger partial charge in [-0.05, 0) is 25.5 Å². The molecule has 7 heteroatoms. The molecule has 0 spiro atoms. The van der Waals surface area contributed by atoms with Crippen LogP contribution in [0.15, 0.2) is 29.4 Å². The summed E-state index contributed by atoms with van der Waals surface area (Å²) in [5, 5.41) is 9.29. The van der Waals surface area contributed by atoms with Crippen molar-refractivity contribution in [3.8, 4) is 5.69 Å². The molecule has 1 saturated heterocycles. The van der Waals surface area contributed by atoms with Crippen molar-refractivity contribution < 1.29 is 9.53 Å². The largest absolute Gasteiger partial charge is 0.448 e. The van der Waals surface area contributed by atoms with Crippen LogP contribution in [0.5, 0.6) is 0 Å². The number of benzene rings is 1. The van der Waals surface area contributed by atoms with Crippen LogP contribution in [0.2, 0.25) is 0 Å². The van der Waals surface area contributed by atoms with E-state index in [1.165, 1.54) is 5.56 Å². The van der Waals surface area contributed by atoms with Crippen LogP contribution in [0.1, 0.15) is 11.4 Å². The third-order valence-corrected chi connectivity index (χ3v) is 4.50.